The number of benzene rings is 1. The van der Waals surface area contributed by atoms with Gasteiger partial charge in [-0.3, -0.25) is 0 Å². The number of hydrogen-bond acceptors (Lipinski definition) is 8. The van der Waals surface area contributed by atoms with Crippen LogP contribution in [0.3, 0.4) is 0 Å². The molecule has 0 aliphatic carbocycles. The lowest BCUT2D eigenvalue weighted by Crippen LogP contribution is -2.49. The molecule has 1 aliphatic rings. The van der Waals surface area contributed by atoms with Gasteiger partial charge in [0.2, 0.25) is 0 Å². The maximum atomic E-state index is 11.8. The minimum atomic E-state index is -0.283. The maximum Gasteiger partial charge on any atom is 0.409 e. The highest BCUT2D eigenvalue weighted by atomic mass is 16.6. The van der Waals surface area contributed by atoms with E-state index in [1.165, 1.54) is 6.33 Å². The Bertz CT molecular complexity index is 775. The number of ether oxygens (including phenoxy) is 2. The normalized spacial score (nSPS) is 14.0. The average molecular weight is 372 g/mol. The first-order valence-corrected chi connectivity index (χ1v) is 8.80. The molecule has 0 saturated carbocycles. The number of hydrogen-bond donors (Lipinski definition) is 2. The van der Waals surface area contributed by atoms with Gasteiger partial charge in [0.25, 0.3) is 0 Å². The van der Waals surface area contributed by atoms with Crippen molar-refractivity contribution in [3.8, 4) is 5.75 Å². The van der Waals surface area contributed by atoms with Crippen molar-refractivity contribution >= 4 is 29.1 Å². The van der Waals surface area contributed by atoms with E-state index in [0.29, 0.717) is 50.1 Å². The summed E-state index contributed by atoms with van der Waals surface area (Å²) in [4.78, 5) is 24.1. The Kier molecular flexibility index (Phi) is 5.80. The van der Waals surface area contributed by atoms with E-state index in [2.05, 4.69) is 15.3 Å². The van der Waals surface area contributed by atoms with Crippen molar-refractivity contribution in [2.45, 2.75) is 6.92 Å². The number of piperazine rings is 1. The molecule has 2 heterocycles. The fourth-order valence-corrected chi connectivity index (χ4v) is 2.86. The number of aromatic nitrogens is 2. The van der Waals surface area contributed by atoms with Crippen LogP contribution >= 0.6 is 0 Å². The van der Waals surface area contributed by atoms with Gasteiger partial charge in [-0.15, -0.1) is 0 Å². The summed E-state index contributed by atoms with van der Waals surface area (Å²) in [5.74, 6) is 1.97. The SMILES string of the molecule is CCOC(=O)N1CCN(c2ncnc(Nc3ccc(OC)cc3)c2N)CC1. The van der Waals surface area contributed by atoms with Crippen LogP contribution in [0.5, 0.6) is 5.75 Å². The van der Waals surface area contributed by atoms with Crippen LogP contribution in [0, 0.1) is 0 Å². The number of nitrogens with two attached hydrogens (primary N) is 1. The van der Waals surface area contributed by atoms with Gasteiger partial charge in [-0.1, -0.05) is 0 Å². The topological polar surface area (TPSA) is 106 Å². The summed E-state index contributed by atoms with van der Waals surface area (Å²) in [6, 6.07) is 7.49. The second kappa shape index (κ2) is 8.43. The molecule has 3 N–H and O–H groups in total. The Labute approximate surface area is 158 Å². The van der Waals surface area contributed by atoms with E-state index >= 15 is 0 Å². The third kappa shape index (κ3) is 4.30. The van der Waals surface area contributed by atoms with Crippen molar-refractivity contribution in [2.24, 2.45) is 0 Å². The van der Waals surface area contributed by atoms with Crippen LogP contribution in [-0.4, -0.2) is 60.9 Å². The lowest BCUT2D eigenvalue weighted by atomic mass is 10.2. The molecule has 1 fully saturated rings. The molecule has 9 nitrogen and oxygen atoms in total. The molecule has 1 aromatic carbocycles. The van der Waals surface area contributed by atoms with Gasteiger partial charge in [-0.05, 0) is 31.2 Å². The molecular weight excluding hydrogens is 348 g/mol. The van der Waals surface area contributed by atoms with Crippen LogP contribution in [0.4, 0.5) is 27.8 Å². The van der Waals surface area contributed by atoms with Crippen LogP contribution < -0.4 is 20.7 Å². The molecule has 1 aliphatic heterocycles. The van der Waals surface area contributed by atoms with E-state index in [1.54, 1.807) is 18.9 Å². The van der Waals surface area contributed by atoms with Gasteiger partial charge >= 0.3 is 6.09 Å². The van der Waals surface area contributed by atoms with Crippen molar-refractivity contribution in [2.75, 3.05) is 55.8 Å². The largest absolute Gasteiger partial charge is 0.497 e. The molecule has 27 heavy (non-hydrogen) atoms. The van der Waals surface area contributed by atoms with Gasteiger partial charge in [0, 0.05) is 31.9 Å². The lowest BCUT2D eigenvalue weighted by Gasteiger charge is -2.35. The molecule has 1 aromatic heterocycles. The second-order valence-electron chi connectivity index (χ2n) is 5.99. The van der Waals surface area contributed by atoms with Crippen molar-refractivity contribution in [1.82, 2.24) is 14.9 Å². The van der Waals surface area contributed by atoms with Crippen LogP contribution in [0.15, 0.2) is 30.6 Å². The maximum absolute atomic E-state index is 11.8. The van der Waals surface area contributed by atoms with Gasteiger partial charge in [-0.25, -0.2) is 14.8 Å². The van der Waals surface area contributed by atoms with Gasteiger partial charge < -0.3 is 30.3 Å². The number of anilines is 4. The zero-order valence-electron chi connectivity index (χ0n) is 15.5. The minimum absolute atomic E-state index is 0.283. The molecule has 9 heteroatoms. The Hall–Kier alpha value is -3.23. The molecule has 0 unspecified atom stereocenters. The van der Waals surface area contributed by atoms with E-state index in [0.717, 1.165) is 11.4 Å². The highest BCUT2D eigenvalue weighted by molar-refractivity contribution is 5.78. The third-order valence-corrected chi connectivity index (χ3v) is 4.32. The van der Waals surface area contributed by atoms with Crippen molar-refractivity contribution in [1.29, 1.82) is 0 Å². The number of nitrogens with zero attached hydrogens (tertiary/aromatic N) is 4. The zero-order valence-corrected chi connectivity index (χ0v) is 15.5. The summed E-state index contributed by atoms with van der Waals surface area (Å²) in [6.45, 7) is 4.54. The van der Waals surface area contributed by atoms with Gasteiger partial charge in [0.15, 0.2) is 11.6 Å². The minimum Gasteiger partial charge on any atom is -0.497 e. The summed E-state index contributed by atoms with van der Waals surface area (Å²) in [6.07, 6.45) is 1.20. The quantitative estimate of drug-likeness (QED) is 0.822. The average Bonchev–Trinajstić information content (AvgIpc) is 2.70. The summed E-state index contributed by atoms with van der Waals surface area (Å²) in [5, 5.41) is 3.20. The number of rotatable bonds is 5. The number of amides is 1. The second-order valence-corrected chi connectivity index (χ2v) is 5.99. The fraction of sp³-hybridized carbons (Fsp3) is 0.389. The Morgan fingerprint density at radius 2 is 1.89 bits per heavy atom. The van der Waals surface area contributed by atoms with Gasteiger partial charge in [-0.2, -0.15) is 0 Å². The molecule has 3 rings (SSSR count). The smallest absolute Gasteiger partial charge is 0.409 e. The molecule has 0 spiro atoms. The molecule has 1 amide bonds. The monoisotopic (exact) mass is 372 g/mol. The highest BCUT2D eigenvalue weighted by Crippen LogP contribution is 2.29. The Balaban J connectivity index is 1.69. The van der Waals surface area contributed by atoms with Crippen LogP contribution in [-0.2, 0) is 4.74 Å². The Morgan fingerprint density at radius 1 is 1.19 bits per heavy atom. The molecular formula is C18H24N6O3. The van der Waals surface area contributed by atoms with E-state index in [4.69, 9.17) is 15.2 Å². The van der Waals surface area contributed by atoms with E-state index in [1.807, 2.05) is 29.2 Å². The van der Waals surface area contributed by atoms with E-state index in [9.17, 15) is 4.79 Å². The van der Waals surface area contributed by atoms with Gasteiger partial charge in [0.1, 0.15) is 17.8 Å². The Morgan fingerprint density at radius 3 is 2.52 bits per heavy atom. The molecule has 144 valence electrons. The molecule has 0 atom stereocenters. The summed E-state index contributed by atoms with van der Waals surface area (Å²) >= 11 is 0. The van der Waals surface area contributed by atoms with Gasteiger partial charge in [0.05, 0.1) is 13.7 Å². The first-order valence-electron chi connectivity index (χ1n) is 8.80. The predicted octanol–water partition coefficient (Wildman–Crippen LogP) is 2.09. The first kappa shape index (κ1) is 18.6. The van der Waals surface area contributed by atoms with E-state index < -0.39 is 0 Å². The van der Waals surface area contributed by atoms with Crippen molar-refractivity contribution in [3.63, 3.8) is 0 Å². The number of carbonyl (C=O) groups is 1. The third-order valence-electron chi connectivity index (χ3n) is 4.32. The zero-order chi connectivity index (χ0) is 19.2. The highest BCUT2D eigenvalue weighted by Gasteiger charge is 2.24. The van der Waals surface area contributed by atoms with Crippen molar-refractivity contribution in [3.05, 3.63) is 30.6 Å². The summed E-state index contributed by atoms with van der Waals surface area (Å²) in [7, 11) is 1.62. The predicted molar refractivity (Wildman–Crippen MR) is 104 cm³/mol. The fourth-order valence-electron chi connectivity index (χ4n) is 2.86. The number of carbonyl (C=O) groups excluding carboxylic acids is 1. The molecule has 1 saturated heterocycles. The standard InChI is InChI=1S/C18H24N6O3/c1-3-27-18(25)24-10-8-23(9-11-24)17-15(19)16(20-12-21-17)22-13-4-6-14(26-2)7-5-13/h4-7,12H,3,8-11,19H2,1-2H3,(H,20,21,22). The summed E-state index contributed by atoms with van der Waals surface area (Å²) in [5.41, 5.74) is 7.62. The van der Waals surface area contributed by atoms with Crippen LogP contribution in [0.2, 0.25) is 0 Å². The number of nitrogens with one attached hydrogen (secondary N) is 1. The number of nitrogen functional groups attached to an aromatic ring is 1. The number of methoxy groups -OCH3 is 1. The molecule has 0 bridgehead atoms. The van der Waals surface area contributed by atoms with Crippen molar-refractivity contribution < 1.29 is 14.3 Å². The molecule has 0 radical (unpaired) electrons. The molecule has 2 aromatic rings. The summed E-state index contributed by atoms with van der Waals surface area (Å²) < 4.78 is 10.2. The van der Waals surface area contributed by atoms with E-state index in [-0.39, 0.29) is 6.09 Å². The first-order chi connectivity index (χ1) is 13.1. The van der Waals surface area contributed by atoms with Crippen LogP contribution in [0.1, 0.15) is 6.92 Å². The van der Waals surface area contributed by atoms with Crippen LogP contribution in [0.25, 0.3) is 0 Å². The lowest BCUT2D eigenvalue weighted by molar-refractivity contribution is 0.105.